The first-order valence-corrected chi connectivity index (χ1v) is 8.57. The van der Waals surface area contributed by atoms with Crippen molar-refractivity contribution in [3.63, 3.8) is 0 Å². The van der Waals surface area contributed by atoms with Gasteiger partial charge in [0, 0.05) is 36.6 Å². The van der Waals surface area contributed by atoms with Gasteiger partial charge in [0.2, 0.25) is 0 Å². The number of rotatable bonds is 7. The molecular weight excluding hydrogens is 413 g/mol. The summed E-state index contributed by atoms with van der Waals surface area (Å²) in [5, 5.41) is 0. The SMILES string of the molecule is COC(OC)C(CC(=O)c1ccc(Br)cc1)c1cccc(C(F)(F)F)c1. The van der Waals surface area contributed by atoms with Crippen LogP contribution in [-0.4, -0.2) is 26.3 Å². The first kappa shape index (κ1) is 20.6. The van der Waals surface area contributed by atoms with Crippen molar-refractivity contribution >= 4 is 21.7 Å². The van der Waals surface area contributed by atoms with E-state index in [-0.39, 0.29) is 12.2 Å². The molecule has 3 nitrogen and oxygen atoms in total. The van der Waals surface area contributed by atoms with Gasteiger partial charge >= 0.3 is 6.18 Å². The highest BCUT2D eigenvalue weighted by atomic mass is 79.9. The highest BCUT2D eigenvalue weighted by Crippen LogP contribution is 2.34. The fourth-order valence-electron chi connectivity index (χ4n) is 2.69. The lowest BCUT2D eigenvalue weighted by atomic mass is 9.90. The summed E-state index contributed by atoms with van der Waals surface area (Å²) >= 11 is 3.30. The number of alkyl halides is 3. The van der Waals surface area contributed by atoms with Crippen LogP contribution in [0.2, 0.25) is 0 Å². The van der Waals surface area contributed by atoms with E-state index < -0.39 is 23.9 Å². The van der Waals surface area contributed by atoms with E-state index in [1.165, 1.54) is 20.3 Å². The summed E-state index contributed by atoms with van der Waals surface area (Å²) in [6.45, 7) is 0. The standard InChI is InChI=1S/C19H18BrF3O3/c1-25-18(26-2)16(11-17(24)12-6-8-15(20)9-7-12)13-4-3-5-14(10-13)19(21,22)23/h3-10,16,18H,11H2,1-2H3. The van der Waals surface area contributed by atoms with Crippen LogP contribution in [0, 0.1) is 0 Å². The Morgan fingerprint density at radius 2 is 1.69 bits per heavy atom. The molecule has 0 spiro atoms. The molecule has 2 rings (SSSR count). The minimum Gasteiger partial charge on any atom is -0.355 e. The number of carbonyl (C=O) groups is 1. The number of carbonyl (C=O) groups excluding carboxylic acids is 1. The highest BCUT2D eigenvalue weighted by Gasteiger charge is 2.33. The summed E-state index contributed by atoms with van der Waals surface area (Å²) in [4.78, 5) is 12.6. The Morgan fingerprint density at radius 1 is 1.08 bits per heavy atom. The van der Waals surface area contributed by atoms with Gasteiger partial charge in [-0.2, -0.15) is 13.2 Å². The molecule has 0 aliphatic carbocycles. The van der Waals surface area contributed by atoms with Crippen LogP contribution in [0.3, 0.4) is 0 Å². The zero-order chi connectivity index (χ0) is 19.3. The van der Waals surface area contributed by atoms with Crippen molar-refractivity contribution < 1.29 is 27.4 Å². The van der Waals surface area contributed by atoms with Crippen LogP contribution in [0.5, 0.6) is 0 Å². The van der Waals surface area contributed by atoms with Gasteiger partial charge in [0.1, 0.15) is 0 Å². The summed E-state index contributed by atoms with van der Waals surface area (Å²) in [7, 11) is 2.78. The fraction of sp³-hybridized carbons (Fsp3) is 0.316. The molecule has 0 radical (unpaired) electrons. The summed E-state index contributed by atoms with van der Waals surface area (Å²) in [6, 6.07) is 11.7. The maximum atomic E-state index is 13.0. The monoisotopic (exact) mass is 430 g/mol. The number of hydrogen-bond donors (Lipinski definition) is 0. The molecule has 0 fully saturated rings. The molecule has 2 aromatic rings. The van der Waals surface area contributed by atoms with E-state index in [2.05, 4.69) is 15.9 Å². The smallest absolute Gasteiger partial charge is 0.355 e. The van der Waals surface area contributed by atoms with Gasteiger partial charge in [-0.3, -0.25) is 4.79 Å². The average molecular weight is 431 g/mol. The molecule has 0 bridgehead atoms. The Morgan fingerprint density at radius 3 is 2.23 bits per heavy atom. The second kappa shape index (κ2) is 8.79. The van der Waals surface area contributed by atoms with Crippen molar-refractivity contribution in [1.29, 1.82) is 0 Å². The molecule has 1 atom stereocenters. The Kier molecular flexibility index (Phi) is 6.97. The summed E-state index contributed by atoms with van der Waals surface area (Å²) in [5.74, 6) is -0.887. The first-order valence-electron chi connectivity index (χ1n) is 7.77. The number of halogens is 4. The largest absolute Gasteiger partial charge is 0.416 e. The lowest BCUT2D eigenvalue weighted by Gasteiger charge is -2.25. The molecule has 7 heteroatoms. The third-order valence-electron chi connectivity index (χ3n) is 4.01. The lowest BCUT2D eigenvalue weighted by Crippen LogP contribution is -2.26. The topological polar surface area (TPSA) is 35.5 Å². The second-order valence-corrected chi connectivity index (χ2v) is 6.62. The fourth-order valence-corrected chi connectivity index (χ4v) is 2.96. The first-order chi connectivity index (χ1) is 12.3. The molecular formula is C19H18BrF3O3. The highest BCUT2D eigenvalue weighted by molar-refractivity contribution is 9.10. The van der Waals surface area contributed by atoms with Crippen LogP contribution in [-0.2, 0) is 15.7 Å². The van der Waals surface area contributed by atoms with E-state index in [0.717, 1.165) is 16.6 Å². The van der Waals surface area contributed by atoms with E-state index in [0.29, 0.717) is 11.1 Å². The van der Waals surface area contributed by atoms with Crippen molar-refractivity contribution in [3.8, 4) is 0 Å². The van der Waals surface area contributed by atoms with Gasteiger partial charge in [-0.25, -0.2) is 0 Å². The lowest BCUT2D eigenvalue weighted by molar-refractivity contribution is -0.138. The van der Waals surface area contributed by atoms with Crippen molar-refractivity contribution in [2.75, 3.05) is 14.2 Å². The van der Waals surface area contributed by atoms with Crippen molar-refractivity contribution in [2.24, 2.45) is 0 Å². The summed E-state index contributed by atoms with van der Waals surface area (Å²) in [6.07, 6.45) is -5.36. The Balaban J connectivity index is 2.35. The molecule has 0 aliphatic heterocycles. The quantitative estimate of drug-likeness (QED) is 0.433. The second-order valence-electron chi connectivity index (χ2n) is 5.70. The number of hydrogen-bond acceptors (Lipinski definition) is 3. The predicted octanol–water partition coefficient (Wildman–Crippen LogP) is 5.44. The molecule has 2 aromatic carbocycles. The van der Waals surface area contributed by atoms with Gasteiger partial charge < -0.3 is 9.47 Å². The molecule has 0 N–H and O–H groups in total. The van der Waals surface area contributed by atoms with Gasteiger partial charge in [-0.15, -0.1) is 0 Å². The molecule has 0 heterocycles. The third-order valence-corrected chi connectivity index (χ3v) is 4.54. The van der Waals surface area contributed by atoms with Crippen LogP contribution >= 0.6 is 15.9 Å². The number of methoxy groups -OCH3 is 2. The maximum absolute atomic E-state index is 13.0. The van der Waals surface area contributed by atoms with E-state index in [9.17, 15) is 18.0 Å². The summed E-state index contributed by atoms with van der Waals surface area (Å²) < 4.78 is 50.4. The van der Waals surface area contributed by atoms with Crippen molar-refractivity contribution in [3.05, 3.63) is 69.7 Å². The van der Waals surface area contributed by atoms with E-state index in [1.807, 2.05) is 0 Å². The molecule has 0 saturated carbocycles. The predicted molar refractivity (Wildman–Crippen MR) is 95.1 cm³/mol. The van der Waals surface area contributed by atoms with E-state index in [4.69, 9.17) is 9.47 Å². The number of benzene rings is 2. The Hall–Kier alpha value is -1.70. The average Bonchev–Trinajstić information content (AvgIpc) is 2.61. The Labute approximate surface area is 158 Å². The van der Waals surface area contributed by atoms with Crippen molar-refractivity contribution in [2.45, 2.75) is 24.8 Å². The van der Waals surface area contributed by atoms with Gasteiger partial charge in [-0.1, -0.05) is 46.3 Å². The maximum Gasteiger partial charge on any atom is 0.416 e. The van der Waals surface area contributed by atoms with E-state index >= 15 is 0 Å². The van der Waals surface area contributed by atoms with Gasteiger partial charge in [0.05, 0.1) is 5.56 Å². The molecule has 0 aliphatic rings. The van der Waals surface area contributed by atoms with Crippen LogP contribution in [0.25, 0.3) is 0 Å². The van der Waals surface area contributed by atoms with Crippen LogP contribution in [0.4, 0.5) is 13.2 Å². The number of Topliss-reactive ketones (excluding diaryl/α,β-unsaturated/α-hetero) is 1. The molecule has 1 unspecified atom stereocenters. The number of ether oxygens (including phenoxy) is 2. The van der Waals surface area contributed by atoms with Crippen LogP contribution in [0.1, 0.15) is 33.8 Å². The molecule has 0 aromatic heterocycles. The van der Waals surface area contributed by atoms with Crippen LogP contribution in [0.15, 0.2) is 53.0 Å². The number of ketones is 1. The molecule has 140 valence electrons. The minimum atomic E-state index is -4.47. The summed E-state index contributed by atoms with van der Waals surface area (Å²) in [5.41, 5.74) is 0.0252. The molecule has 0 saturated heterocycles. The zero-order valence-electron chi connectivity index (χ0n) is 14.2. The van der Waals surface area contributed by atoms with Gasteiger partial charge in [0.15, 0.2) is 12.1 Å². The molecule has 0 amide bonds. The molecule has 26 heavy (non-hydrogen) atoms. The normalized spacial score (nSPS) is 13.0. The van der Waals surface area contributed by atoms with Gasteiger partial charge in [-0.05, 0) is 23.8 Å². The van der Waals surface area contributed by atoms with Gasteiger partial charge in [0.25, 0.3) is 0 Å². The Bertz CT molecular complexity index is 740. The third kappa shape index (κ3) is 5.16. The van der Waals surface area contributed by atoms with Crippen LogP contribution < -0.4 is 0 Å². The zero-order valence-corrected chi connectivity index (χ0v) is 15.8. The minimum absolute atomic E-state index is 0.0463. The van der Waals surface area contributed by atoms with Crippen molar-refractivity contribution in [1.82, 2.24) is 0 Å². The van der Waals surface area contributed by atoms with E-state index in [1.54, 1.807) is 30.3 Å².